The highest BCUT2D eigenvalue weighted by Gasteiger charge is 2.43. The molecule has 0 saturated carbocycles. The number of fused-ring (bicyclic) bond motifs is 2. The Morgan fingerprint density at radius 3 is 1.07 bits per heavy atom. The highest BCUT2D eigenvalue weighted by atomic mass is 28.3. The molecule has 2 aliphatic rings. The first-order valence-corrected chi connectivity index (χ1v) is 26.5. The highest BCUT2D eigenvalue weighted by Crippen LogP contribution is 2.54. The minimum absolute atomic E-state index is 1.17. The summed E-state index contributed by atoms with van der Waals surface area (Å²) < 4.78 is 0. The first-order chi connectivity index (χ1) is 27.9. The maximum absolute atomic E-state index is 2.72. The van der Waals surface area contributed by atoms with Crippen molar-refractivity contribution in [2.45, 2.75) is 169 Å². The zero-order valence-electron chi connectivity index (χ0n) is 36.9. The van der Waals surface area contributed by atoms with Gasteiger partial charge < -0.3 is 0 Å². The van der Waals surface area contributed by atoms with Gasteiger partial charge in [-0.1, -0.05) is 214 Å². The van der Waals surface area contributed by atoms with Crippen LogP contribution in [0.1, 0.15) is 177 Å². The summed E-state index contributed by atoms with van der Waals surface area (Å²) in [6, 6.07) is 33.7. The second kappa shape index (κ2) is 21.5. The van der Waals surface area contributed by atoms with E-state index in [4.69, 9.17) is 0 Å². The molecule has 4 aromatic carbocycles. The molecule has 0 spiro atoms. The van der Waals surface area contributed by atoms with Crippen LogP contribution in [-0.2, 0) is 12.8 Å². The van der Waals surface area contributed by atoms with Gasteiger partial charge in [0, 0.05) is 12.8 Å². The average molecular weight is 775 g/mol. The van der Waals surface area contributed by atoms with Crippen molar-refractivity contribution in [3.8, 4) is 22.3 Å². The van der Waals surface area contributed by atoms with Crippen LogP contribution in [0.5, 0.6) is 0 Å². The van der Waals surface area contributed by atoms with Crippen molar-refractivity contribution in [1.29, 1.82) is 0 Å². The van der Waals surface area contributed by atoms with Crippen LogP contribution >= 0.6 is 0 Å². The van der Waals surface area contributed by atoms with Crippen LogP contribution in [-0.4, -0.2) is 8.07 Å². The largest absolute Gasteiger partial charge is 0.113 e. The molecule has 302 valence electrons. The zero-order valence-corrected chi connectivity index (χ0v) is 37.9. The Morgan fingerprint density at radius 2 is 0.719 bits per heavy atom. The third-order valence-corrected chi connectivity index (χ3v) is 16.7. The van der Waals surface area contributed by atoms with Crippen LogP contribution in [0.3, 0.4) is 0 Å². The van der Waals surface area contributed by atoms with E-state index in [0.29, 0.717) is 0 Å². The van der Waals surface area contributed by atoms with Gasteiger partial charge in [-0.15, -0.1) is 0 Å². The minimum Gasteiger partial charge on any atom is -0.0654 e. The molecule has 4 aromatic rings. The van der Waals surface area contributed by atoms with Crippen LogP contribution in [0.4, 0.5) is 0 Å². The summed E-state index contributed by atoms with van der Waals surface area (Å²) in [6.45, 7) is 14.7. The molecule has 0 saturated heterocycles. The summed E-state index contributed by atoms with van der Waals surface area (Å²) in [5.74, 6) is 0. The molecule has 0 aromatic heterocycles. The fraction of sp³-hybridized carbons (Fsp3) is 0.464. The molecular weight excluding hydrogens is 701 g/mol. The van der Waals surface area contributed by atoms with Gasteiger partial charge >= 0.3 is 0 Å². The zero-order chi connectivity index (χ0) is 40.0. The van der Waals surface area contributed by atoms with Crippen molar-refractivity contribution in [3.05, 3.63) is 142 Å². The lowest BCUT2D eigenvalue weighted by molar-refractivity contribution is 0.667. The lowest BCUT2D eigenvalue weighted by atomic mass is 9.95. The molecule has 0 aliphatic heterocycles. The van der Waals surface area contributed by atoms with Gasteiger partial charge in [0.1, 0.15) is 8.07 Å². The standard InChI is InChI=1S/C56H74Si/c1-7-11-15-19-25-43-33-37-45(38-34-43)51-31-23-29-47-41-49(27-21-17-13-9-3)55(53(47)51)57(5,6)56-50(28-22-18-14-10-4)42-48-30-24-32-52(54(48)56)46-39-35-44(36-40-46)26-20-16-12-8-2/h23-24,29-42H,7-22,25-28H2,1-6H3. The van der Waals surface area contributed by atoms with Crippen molar-refractivity contribution in [2.24, 2.45) is 0 Å². The molecule has 0 nitrogen and oxygen atoms in total. The summed E-state index contributed by atoms with van der Waals surface area (Å²) in [7, 11) is -2.31. The van der Waals surface area contributed by atoms with E-state index in [1.807, 2.05) is 0 Å². The summed E-state index contributed by atoms with van der Waals surface area (Å²) in [5, 5.41) is 3.40. The van der Waals surface area contributed by atoms with Crippen LogP contribution in [0.2, 0.25) is 13.1 Å². The first-order valence-electron chi connectivity index (χ1n) is 23.5. The fourth-order valence-corrected chi connectivity index (χ4v) is 14.0. The molecule has 57 heavy (non-hydrogen) atoms. The summed E-state index contributed by atoms with van der Waals surface area (Å²) in [6.07, 6.45) is 30.8. The molecule has 2 radical (unpaired) electrons. The summed E-state index contributed by atoms with van der Waals surface area (Å²) in [4.78, 5) is 0. The lowest BCUT2D eigenvalue weighted by Crippen LogP contribution is -2.32. The Balaban J connectivity index is 1.44. The number of unbranched alkanes of at least 4 members (excludes halogenated alkanes) is 12. The van der Waals surface area contributed by atoms with E-state index < -0.39 is 8.07 Å². The molecule has 0 N–H and O–H groups in total. The van der Waals surface area contributed by atoms with E-state index in [9.17, 15) is 0 Å². The molecule has 0 atom stereocenters. The molecule has 0 heterocycles. The third-order valence-electron chi connectivity index (χ3n) is 13.0. The van der Waals surface area contributed by atoms with Crippen LogP contribution in [0.15, 0.2) is 96.1 Å². The van der Waals surface area contributed by atoms with E-state index in [1.54, 1.807) is 21.5 Å². The van der Waals surface area contributed by atoms with E-state index in [0.717, 1.165) is 0 Å². The molecule has 0 unspecified atom stereocenters. The molecule has 1 heteroatoms. The molecular formula is C56H74Si. The maximum atomic E-state index is 2.72. The smallest absolute Gasteiger partial charge is 0.0654 e. The van der Waals surface area contributed by atoms with E-state index >= 15 is 0 Å². The number of hydrogen-bond donors (Lipinski definition) is 0. The predicted octanol–water partition coefficient (Wildman–Crippen LogP) is 17.3. The monoisotopic (exact) mass is 775 g/mol. The Hall–Kier alpha value is -3.42. The fourth-order valence-electron chi connectivity index (χ4n) is 9.91. The Kier molecular flexibility index (Phi) is 16.3. The van der Waals surface area contributed by atoms with Crippen LogP contribution < -0.4 is 0 Å². The molecule has 0 amide bonds. The molecule has 0 bridgehead atoms. The van der Waals surface area contributed by atoms with Gasteiger partial charge in [0.25, 0.3) is 0 Å². The van der Waals surface area contributed by atoms with Gasteiger partial charge in [0.2, 0.25) is 0 Å². The molecule has 2 aliphatic carbocycles. The van der Waals surface area contributed by atoms with Crippen molar-refractivity contribution < 1.29 is 0 Å². The maximum Gasteiger partial charge on any atom is 0.113 e. The van der Waals surface area contributed by atoms with E-state index in [-0.39, 0.29) is 0 Å². The third kappa shape index (κ3) is 10.6. The SMILES string of the molecule is CCCCCCC1=C([Si](C)(C)C2=C(CCCCCC)[CH]c3cccc(-c4ccc(CCCCCC)cc4)c32)c2c(cccc2-c2ccc(CCCCCC)cc2)[CH]1. The van der Waals surface area contributed by atoms with Gasteiger partial charge in [0.15, 0.2) is 0 Å². The quantitative estimate of drug-likeness (QED) is 0.0491. The van der Waals surface area contributed by atoms with Gasteiger partial charge in [-0.2, -0.15) is 0 Å². The van der Waals surface area contributed by atoms with Crippen LogP contribution in [0.25, 0.3) is 32.6 Å². The molecule has 0 fully saturated rings. The average Bonchev–Trinajstić information content (AvgIpc) is 3.81. The van der Waals surface area contributed by atoms with Gasteiger partial charge in [0.05, 0.1) is 0 Å². The number of hydrogen-bond acceptors (Lipinski definition) is 0. The summed E-state index contributed by atoms with van der Waals surface area (Å²) in [5.41, 5.74) is 17.7. The normalized spacial score (nSPS) is 13.9. The van der Waals surface area contributed by atoms with Crippen molar-refractivity contribution in [3.63, 3.8) is 0 Å². The first kappa shape index (κ1) is 43.2. The topological polar surface area (TPSA) is 0 Å². The number of rotatable bonds is 24. The van der Waals surface area contributed by atoms with Gasteiger partial charge in [-0.05, 0) is 117 Å². The van der Waals surface area contributed by atoms with Crippen molar-refractivity contribution in [1.82, 2.24) is 0 Å². The second-order valence-electron chi connectivity index (χ2n) is 17.9. The number of allylic oxidation sites excluding steroid dienone is 2. The highest BCUT2D eigenvalue weighted by molar-refractivity contribution is 7.09. The Bertz CT molecular complexity index is 1790. The number of benzene rings is 4. The van der Waals surface area contributed by atoms with Crippen LogP contribution in [0, 0.1) is 12.8 Å². The Morgan fingerprint density at radius 1 is 0.368 bits per heavy atom. The van der Waals surface area contributed by atoms with Gasteiger partial charge in [-0.25, -0.2) is 0 Å². The second-order valence-corrected chi connectivity index (χ2v) is 22.1. The van der Waals surface area contributed by atoms with Crippen molar-refractivity contribution in [2.75, 3.05) is 0 Å². The number of aryl methyl sites for hydroxylation is 2. The lowest BCUT2D eigenvalue weighted by Gasteiger charge is -2.33. The Labute approximate surface area is 350 Å². The van der Waals surface area contributed by atoms with E-state index in [2.05, 4.69) is 139 Å². The molecule has 6 rings (SSSR count). The van der Waals surface area contributed by atoms with Gasteiger partial charge in [-0.3, -0.25) is 0 Å². The summed E-state index contributed by atoms with van der Waals surface area (Å²) >= 11 is 0. The van der Waals surface area contributed by atoms with E-state index in [1.165, 1.54) is 184 Å². The predicted molar refractivity (Wildman–Crippen MR) is 255 cm³/mol. The van der Waals surface area contributed by atoms with Crippen molar-refractivity contribution >= 4 is 18.5 Å². The minimum atomic E-state index is -2.31.